The third kappa shape index (κ3) is 4.97. The molecule has 204 valence electrons. The van der Waals surface area contributed by atoms with E-state index >= 15 is 0 Å². The maximum Gasteiger partial charge on any atom is 0.279 e. The molecule has 0 spiro atoms. The van der Waals surface area contributed by atoms with Crippen LogP contribution in [0, 0.1) is 0 Å². The number of amides is 1. The van der Waals surface area contributed by atoms with Crippen LogP contribution in [0.1, 0.15) is 5.56 Å². The zero-order chi connectivity index (χ0) is 27.9. The minimum absolute atomic E-state index is 0.205. The molecule has 2 aliphatic heterocycles. The number of benzene rings is 3. The normalized spacial score (nSPS) is 17.6. The molecule has 4 aromatic rings. The lowest BCUT2D eigenvalue weighted by Gasteiger charge is -2.26. The Bertz CT molecular complexity index is 1810. The number of morpholine rings is 1. The van der Waals surface area contributed by atoms with Crippen molar-refractivity contribution in [1.82, 2.24) is 8.98 Å². The Kier molecular flexibility index (Phi) is 7.27. The van der Waals surface area contributed by atoms with Crippen molar-refractivity contribution in [2.75, 3.05) is 38.3 Å². The number of rotatable bonds is 5. The van der Waals surface area contributed by atoms with Crippen LogP contribution >= 0.6 is 27.3 Å². The van der Waals surface area contributed by atoms with Crippen LogP contribution in [0.15, 0.2) is 97.6 Å². The highest BCUT2D eigenvalue weighted by Gasteiger charge is 2.32. The molecule has 1 aromatic heterocycles. The van der Waals surface area contributed by atoms with E-state index in [4.69, 9.17) is 14.8 Å². The third-order valence-electron chi connectivity index (χ3n) is 6.70. The quantitative estimate of drug-likeness (QED) is 0.323. The Morgan fingerprint density at radius 1 is 0.975 bits per heavy atom. The van der Waals surface area contributed by atoms with Gasteiger partial charge in [-0.3, -0.25) is 4.79 Å². The van der Waals surface area contributed by atoms with Crippen molar-refractivity contribution in [1.29, 1.82) is 0 Å². The number of para-hydroxylation sites is 1. The molecule has 12 heteroatoms. The molecule has 1 saturated heterocycles. The number of fused-ring (bicyclic) bond motifs is 1. The number of thiazole rings is 1. The van der Waals surface area contributed by atoms with Gasteiger partial charge in [0.1, 0.15) is 0 Å². The van der Waals surface area contributed by atoms with Crippen LogP contribution < -0.4 is 9.70 Å². The van der Waals surface area contributed by atoms with E-state index in [0.717, 1.165) is 27.0 Å². The number of nitrogens with zero attached hydrogens (tertiary/aromatic N) is 5. The molecular formula is C28H24BrN5O4S2. The van der Waals surface area contributed by atoms with E-state index < -0.39 is 10.0 Å². The zero-order valence-electron chi connectivity index (χ0n) is 21.4. The Morgan fingerprint density at radius 3 is 2.48 bits per heavy atom. The van der Waals surface area contributed by atoms with Crippen molar-refractivity contribution in [3.05, 3.63) is 93.0 Å². The molecule has 3 aromatic carbocycles. The Morgan fingerprint density at radius 2 is 1.73 bits per heavy atom. The van der Waals surface area contributed by atoms with Crippen molar-refractivity contribution in [3.8, 4) is 11.3 Å². The minimum atomic E-state index is -3.61. The molecule has 0 saturated carbocycles. The molecule has 3 heterocycles. The lowest BCUT2D eigenvalue weighted by molar-refractivity contribution is -0.112. The van der Waals surface area contributed by atoms with Crippen LogP contribution in [0.4, 0.5) is 11.4 Å². The molecule has 40 heavy (non-hydrogen) atoms. The molecule has 6 rings (SSSR count). The van der Waals surface area contributed by atoms with Gasteiger partial charge in [0.25, 0.3) is 5.91 Å². The van der Waals surface area contributed by atoms with Gasteiger partial charge in [0.15, 0.2) is 5.71 Å². The van der Waals surface area contributed by atoms with Gasteiger partial charge in [-0.25, -0.2) is 18.1 Å². The van der Waals surface area contributed by atoms with E-state index in [0.29, 0.717) is 42.5 Å². The summed E-state index contributed by atoms with van der Waals surface area (Å²) in [6.45, 7) is 1.44. The van der Waals surface area contributed by atoms with E-state index in [-0.39, 0.29) is 10.8 Å². The van der Waals surface area contributed by atoms with Gasteiger partial charge in [-0.05, 0) is 42.5 Å². The molecule has 0 N–H and O–H groups in total. The van der Waals surface area contributed by atoms with Gasteiger partial charge in [0.2, 0.25) is 14.8 Å². The Labute approximate surface area is 243 Å². The van der Waals surface area contributed by atoms with Crippen molar-refractivity contribution >= 4 is 60.3 Å². The number of aromatic nitrogens is 1. The fourth-order valence-corrected chi connectivity index (χ4v) is 7.26. The molecule has 1 amide bonds. The largest absolute Gasteiger partial charge is 0.379 e. The van der Waals surface area contributed by atoms with Crippen molar-refractivity contribution in [2.45, 2.75) is 4.90 Å². The second-order valence-corrected chi connectivity index (χ2v) is 12.9. The van der Waals surface area contributed by atoms with Gasteiger partial charge in [-0.1, -0.05) is 46.3 Å². The highest BCUT2D eigenvalue weighted by molar-refractivity contribution is 9.10. The summed E-state index contributed by atoms with van der Waals surface area (Å²) in [4.78, 5) is 20.3. The van der Waals surface area contributed by atoms with Gasteiger partial charge in [0, 0.05) is 41.1 Å². The SMILES string of the molecule is CN1C(=O)C(=Nn2c(-c3cccc(Br)c3)csc2=Nc2ccc(S(=O)(=O)N3CCOCC3)cc2)c2ccccc21. The monoisotopic (exact) mass is 637 g/mol. The van der Waals surface area contributed by atoms with Crippen LogP contribution in [0.3, 0.4) is 0 Å². The van der Waals surface area contributed by atoms with Gasteiger partial charge in [-0.2, -0.15) is 9.41 Å². The Balaban J connectivity index is 1.45. The second kappa shape index (κ2) is 10.9. The van der Waals surface area contributed by atoms with Crippen LogP contribution in [0.5, 0.6) is 0 Å². The standard InChI is InChI=1S/C28H24BrN5O4S2/c1-32-24-8-3-2-7-23(24)26(27(32)35)31-34-25(19-5-4-6-20(29)17-19)18-39-28(34)30-21-9-11-22(12-10-21)40(36,37)33-13-15-38-16-14-33/h2-12,17-18H,13-16H2,1H3. The van der Waals surface area contributed by atoms with Gasteiger partial charge in [0.05, 0.1) is 35.2 Å². The summed E-state index contributed by atoms with van der Waals surface area (Å²) in [6.07, 6.45) is 0. The first-order valence-corrected chi connectivity index (χ1v) is 15.6. The van der Waals surface area contributed by atoms with Crippen LogP contribution in [-0.4, -0.2) is 62.4 Å². The molecule has 9 nitrogen and oxygen atoms in total. The minimum Gasteiger partial charge on any atom is -0.379 e. The number of carbonyl (C=O) groups is 1. The topological polar surface area (TPSA) is 96.6 Å². The average Bonchev–Trinajstić information content (AvgIpc) is 3.48. The molecular weight excluding hydrogens is 614 g/mol. The first-order chi connectivity index (χ1) is 19.3. The fraction of sp³-hybridized carbons (Fsp3) is 0.179. The number of halogens is 1. The lowest BCUT2D eigenvalue weighted by Crippen LogP contribution is -2.40. The summed E-state index contributed by atoms with van der Waals surface area (Å²) < 4.78 is 35.4. The maximum atomic E-state index is 13.2. The molecule has 1 fully saturated rings. The summed E-state index contributed by atoms with van der Waals surface area (Å²) >= 11 is 4.92. The number of hydrogen-bond donors (Lipinski definition) is 0. The maximum absolute atomic E-state index is 13.2. The van der Waals surface area contributed by atoms with E-state index in [1.54, 1.807) is 40.9 Å². The van der Waals surface area contributed by atoms with Crippen LogP contribution in [0.25, 0.3) is 11.3 Å². The molecule has 0 aliphatic carbocycles. The molecule has 2 aliphatic rings. The predicted molar refractivity (Wildman–Crippen MR) is 158 cm³/mol. The average molecular weight is 639 g/mol. The van der Waals surface area contributed by atoms with E-state index in [9.17, 15) is 13.2 Å². The van der Waals surface area contributed by atoms with E-state index in [1.807, 2.05) is 53.9 Å². The number of ether oxygens (including phenoxy) is 1. The summed E-state index contributed by atoms with van der Waals surface area (Å²) in [6, 6.07) is 21.8. The number of anilines is 1. The predicted octanol–water partition coefficient (Wildman–Crippen LogP) is 4.46. The van der Waals surface area contributed by atoms with Crippen LogP contribution in [-0.2, 0) is 19.6 Å². The highest BCUT2D eigenvalue weighted by Crippen LogP contribution is 2.29. The summed E-state index contributed by atoms with van der Waals surface area (Å²) in [5.74, 6) is -0.205. The zero-order valence-corrected chi connectivity index (χ0v) is 24.6. The lowest BCUT2D eigenvalue weighted by atomic mass is 10.1. The van der Waals surface area contributed by atoms with E-state index in [1.165, 1.54) is 15.6 Å². The number of hydrogen-bond acceptors (Lipinski definition) is 7. The molecule has 0 atom stereocenters. The highest BCUT2D eigenvalue weighted by atomic mass is 79.9. The smallest absolute Gasteiger partial charge is 0.279 e. The first kappa shape index (κ1) is 26.8. The number of likely N-dealkylation sites (N-methyl/N-ethyl adjacent to an activating group) is 1. The Hall–Kier alpha value is -3.42. The molecule has 0 radical (unpaired) electrons. The van der Waals surface area contributed by atoms with Crippen molar-refractivity contribution in [3.63, 3.8) is 0 Å². The summed E-state index contributed by atoms with van der Waals surface area (Å²) in [5, 5.41) is 6.78. The van der Waals surface area contributed by atoms with Gasteiger partial charge < -0.3 is 9.64 Å². The molecule has 0 unspecified atom stereocenters. The fourth-order valence-electron chi connectivity index (χ4n) is 4.61. The van der Waals surface area contributed by atoms with Crippen molar-refractivity contribution in [2.24, 2.45) is 10.1 Å². The summed E-state index contributed by atoms with van der Waals surface area (Å²) in [7, 11) is -1.88. The second-order valence-electron chi connectivity index (χ2n) is 9.18. The van der Waals surface area contributed by atoms with Crippen LogP contribution in [0.2, 0.25) is 0 Å². The third-order valence-corrected chi connectivity index (χ3v) is 9.93. The molecule has 0 bridgehead atoms. The first-order valence-electron chi connectivity index (χ1n) is 12.5. The summed E-state index contributed by atoms with van der Waals surface area (Å²) in [5.41, 5.74) is 4.09. The van der Waals surface area contributed by atoms with Gasteiger partial charge in [-0.15, -0.1) is 11.3 Å². The van der Waals surface area contributed by atoms with Crippen molar-refractivity contribution < 1.29 is 17.9 Å². The van der Waals surface area contributed by atoms with Gasteiger partial charge >= 0.3 is 0 Å². The number of sulfonamides is 1. The van der Waals surface area contributed by atoms with E-state index in [2.05, 4.69) is 15.9 Å². The number of carbonyl (C=O) groups excluding carboxylic acids is 1.